The van der Waals surface area contributed by atoms with Crippen molar-refractivity contribution in [1.82, 2.24) is 9.97 Å². The molecule has 0 unspecified atom stereocenters. The van der Waals surface area contributed by atoms with Gasteiger partial charge in [-0.25, -0.2) is 18.4 Å². The number of aromatic nitrogens is 2. The summed E-state index contributed by atoms with van der Waals surface area (Å²) in [6, 6.07) is 7.36. The highest BCUT2D eigenvalue weighted by Gasteiger charge is 2.18. The Kier molecular flexibility index (Phi) is 11.0. The second kappa shape index (κ2) is 13.4. The smallest absolute Gasteiger partial charge is 0.192 e. The summed E-state index contributed by atoms with van der Waals surface area (Å²) in [7, 11) is -3.24. The number of aliphatic hydroxyl groups excluding tert-OH is 1. The molecular weight excluding hydrogens is 450 g/mol. The van der Waals surface area contributed by atoms with Gasteiger partial charge in [-0.05, 0) is 76.1 Å². The van der Waals surface area contributed by atoms with Gasteiger partial charge in [0.25, 0.3) is 0 Å². The summed E-state index contributed by atoms with van der Waals surface area (Å²) in [6.45, 7) is 11.7. The molecule has 0 atom stereocenters. The molecule has 1 N–H and O–H groups in total. The summed E-state index contributed by atoms with van der Waals surface area (Å²) in [5.74, 6) is 1.73. The third-order valence-corrected chi connectivity index (χ3v) is 6.91. The van der Waals surface area contributed by atoms with Crippen LogP contribution in [-0.2, 0) is 9.84 Å². The molecule has 1 saturated heterocycles. The molecule has 1 saturated carbocycles. The molecule has 2 aromatic heterocycles. The minimum atomic E-state index is -3.24. The Hall–Kier alpha value is -2.45. The predicted molar refractivity (Wildman–Crippen MR) is 137 cm³/mol. The van der Waals surface area contributed by atoms with Crippen molar-refractivity contribution >= 4 is 15.7 Å². The molecule has 1 aliphatic heterocycles. The van der Waals surface area contributed by atoms with E-state index < -0.39 is 9.84 Å². The molecule has 188 valence electrons. The zero-order valence-corrected chi connectivity index (χ0v) is 21.6. The molecule has 7 nitrogen and oxygen atoms in total. The van der Waals surface area contributed by atoms with Gasteiger partial charge in [0, 0.05) is 25.5 Å². The number of piperidine rings is 1. The Morgan fingerprint density at radius 1 is 1.00 bits per heavy atom. The van der Waals surface area contributed by atoms with Crippen LogP contribution in [0.1, 0.15) is 56.2 Å². The second-order valence-electron chi connectivity index (χ2n) is 8.80. The third-order valence-electron chi connectivity index (χ3n) is 5.92. The largest absolute Gasteiger partial charge is 0.489 e. The molecule has 8 heteroatoms. The van der Waals surface area contributed by atoms with E-state index in [0.717, 1.165) is 50.8 Å². The number of anilines is 1. The van der Waals surface area contributed by atoms with Gasteiger partial charge in [-0.2, -0.15) is 0 Å². The maximum absolute atomic E-state index is 11.4. The van der Waals surface area contributed by atoms with Gasteiger partial charge in [-0.1, -0.05) is 12.5 Å². The van der Waals surface area contributed by atoms with Gasteiger partial charge in [0.05, 0.1) is 17.9 Å². The predicted octanol–water partition coefficient (Wildman–Crippen LogP) is 4.66. The number of hydrogen-bond donors (Lipinski definition) is 1. The fourth-order valence-corrected chi connectivity index (χ4v) is 4.58. The number of aryl methyl sites for hydroxylation is 2. The Balaban J connectivity index is 0.000000230. The fourth-order valence-electron chi connectivity index (χ4n) is 3.96. The van der Waals surface area contributed by atoms with Gasteiger partial charge in [0.15, 0.2) is 14.9 Å². The molecule has 0 radical (unpaired) electrons. The monoisotopic (exact) mass is 489 g/mol. The molecule has 2 aliphatic rings. The molecule has 0 aromatic carbocycles. The molecular formula is C26H39N3O4S. The highest BCUT2D eigenvalue weighted by Crippen LogP contribution is 2.25. The summed E-state index contributed by atoms with van der Waals surface area (Å²) < 4.78 is 28.7. The molecule has 2 aromatic rings. The van der Waals surface area contributed by atoms with Gasteiger partial charge in [-0.15, -0.1) is 13.2 Å². The van der Waals surface area contributed by atoms with E-state index in [1.54, 1.807) is 13.0 Å². The number of ether oxygens (including phenoxy) is 1. The lowest BCUT2D eigenvalue weighted by atomic mass is 9.98. The van der Waals surface area contributed by atoms with Crippen LogP contribution < -0.4 is 9.64 Å². The summed E-state index contributed by atoms with van der Waals surface area (Å²) in [5, 5.41) is 9.48. The highest BCUT2D eigenvalue weighted by atomic mass is 32.2. The lowest BCUT2D eigenvalue weighted by Gasteiger charge is -2.30. The molecule has 0 bridgehead atoms. The number of aliphatic hydroxyl groups is 1. The fraction of sp³-hybridized carbons (Fsp3) is 0.538. The molecule has 3 heterocycles. The van der Waals surface area contributed by atoms with Crippen LogP contribution in [0.4, 0.5) is 5.82 Å². The van der Waals surface area contributed by atoms with Crippen molar-refractivity contribution in [3.63, 3.8) is 0 Å². The SMILES string of the molecule is C=C.Cc1ccc(N2CCC(O)CC2)nc1.Cc1nc(S(C)(=O)=O)ccc1OC1CCCCC1. The van der Waals surface area contributed by atoms with E-state index in [0.29, 0.717) is 11.4 Å². The maximum atomic E-state index is 11.4. The van der Waals surface area contributed by atoms with Crippen LogP contribution in [0.3, 0.4) is 0 Å². The number of pyridine rings is 2. The van der Waals surface area contributed by atoms with Gasteiger partial charge in [0.1, 0.15) is 11.6 Å². The molecule has 1 aliphatic carbocycles. The zero-order valence-electron chi connectivity index (χ0n) is 20.7. The molecule has 34 heavy (non-hydrogen) atoms. The minimum absolute atomic E-state index is 0.107. The quantitative estimate of drug-likeness (QED) is 0.625. The van der Waals surface area contributed by atoms with Crippen molar-refractivity contribution in [1.29, 1.82) is 0 Å². The van der Waals surface area contributed by atoms with Crippen LogP contribution >= 0.6 is 0 Å². The van der Waals surface area contributed by atoms with Crippen molar-refractivity contribution in [2.45, 2.75) is 76.0 Å². The molecule has 0 amide bonds. The standard InChI is InChI=1S/C13H19NO3S.C11H16N2O.C2H4/c1-10-12(17-11-6-4-3-5-7-11)8-9-13(14-10)18(2,15)16;1-9-2-3-11(12-8-9)13-6-4-10(14)5-7-13;1-2/h8-9,11H,3-7H2,1-2H3;2-3,8,10,14H,4-7H2,1H3;1-2H2. The Morgan fingerprint density at radius 3 is 2.18 bits per heavy atom. The highest BCUT2D eigenvalue weighted by molar-refractivity contribution is 7.90. The first-order valence-electron chi connectivity index (χ1n) is 11.9. The number of sulfone groups is 1. The van der Waals surface area contributed by atoms with Crippen molar-refractivity contribution in [2.24, 2.45) is 0 Å². The number of hydrogen-bond acceptors (Lipinski definition) is 7. The van der Waals surface area contributed by atoms with E-state index >= 15 is 0 Å². The van der Waals surface area contributed by atoms with Crippen LogP contribution in [0.5, 0.6) is 5.75 Å². The van der Waals surface area contributed by atoms with Gasteiger partial charge < -0.3 is 14.7 Å². The van der Waals surface area contributed by atoms with Crippen molar-refractivity contribution in [3.8, 4) is 5.75 Å². The maximum Gasteiger partial charge on any atom is 0.192 e. The van der Waals surface area contributed by atoms with Crippen molar-refractivity contribution < 1.29 is 18.3 Å². The van der Waals surface area contributed by atoms with E-state index in [9.17, 15) is 13.5 Å². The lowest BCUT2D eigenvalue weighted by Crippen LogP contribution is -2.36. The van der Waals surface area contributed by atoms with Crippen LogP contribution in [0.2, 0.25) is 0 Å². The summed E-state index contributed by atoms with van der Waals surface area (Å²) >= 11 is 0. The summed E-state index contributed by atoms with van der Waals surface area (Å²) in [4.78, 5) is 10.7. The number of nitrogens with zero attached hydrogens (tertiary/aromatic N) is 3. The average molecular weight is 490 g/mol. The van der Waals surface area contributed by atoms with Crippen LogP contribution in [0.25, 0.3) is 0 Å². The Labute approximate surface area is 204 Å². The van der Waals surface area contributed by atoms with E-state index in [-0.39, 0.29) is 17.2 Å². The topological polar surface area (TPSA) is 92.6 Å². The first-order chi connectivity index (χ1) is 16.2. The lowest BCUT2D eigenvalue weighted by molar-refractivity contribution is 0.145. The number of rotatable bonds is 4. The van der Waals surface area contributed by atoms with E-state index in [1.807, 2.05) is 19.2 Å². The third kappa shape index (κ3) is 8.72. The van der Waals surface area contributed by atoms with E-state index in [1.165, 1.54) is 30.9 Å². The zero-order chi connectivity index (χ0) is 25.1. The first kappa shape index (κ1) is 27.8. The van der Waals surface area contributed by atoms with Gasteiger partial charge >= 0.3 is 0 Å². The molecule has 2 fully saturated rings. The first-order valence-corrected chi connectivity index (χ1v) is 13.8. The Bertz CT molecular complexity index is 982. The molecule has 4 rings (SSSR count). The van der Waals surface area contributed by atoms with Gasteiger partial charge in [-0.3, -0.25) is 0 Å². The van der Waals surface area contributed by atoms with Crippen LogP contribution in [0.15, 0.2) is 48.6 Å². The average Bonchev–Trinajstić information content (AvgIpc) is 2.83. The van der Waals surface area contributed by atoms with Crippen molar-refractivity contribution in [3.05, 3.63) is 54.9 Å². The Morgan fingerprint density at radius 2 is 1.65 bits per heavy atom. The van der Waals surface area contributed by atoms with Crippen LogP contribution in [-0.4, -0.2) is 55.0 Å². The van der Waals surface area contributed by atoms with Crippen LogP contribution in [0, 0.1) is 13.8 Å². The van der Waals surface area contributed by atoms with Crippen molar-refractivity contribution in [2.75, 3.05) is 24.2 Å². The normalized spacial score (nSPS) is 17.1. The van der Waals surface area contributed by atoms with Gasteiger partial charge in [0.2, 0.25) is 0 Å². The summed E-state index contributed by atoms with van der Waals surface area (Å²) in [5.41, 5.74) is 1.83. The minimum Gasteiger partial charge on any atom is -0.489 e. The second-order valence-corrected chi connectivity index (χ2v) is 10.8. The van der Waals surface area contributed by atoms with E-state index in [2.05, 4.69) is 34.1 Å². The summed E-state index contributed by atoms with van der Waals surface area (Å²) in [6.07, 6.45) is 10.8. The van der Waals surface area contributed by atoms with E-state index in [4.69, 9.17) is 4.74 Å². The molecule has 0 spiro atoms.